The number of nitrogens with one attached hydrogen (secondary N) is 1. The third-order valence-corrected chi connectivity index (χ3v) is 6.33. The van der Waals surface area contributed by atoms with E-state index in [0.29, 0.717) is 21.7 Å². The lowest BCUT2D eigenvalue weighted by Crippen LogP contribution is -2.41. The van der Waals surface area contributed by atoms with Gasteiger partial charge in [0.1, 0.15) is 4.34 Å². The van der Waals surface area contributed by atoms with Gasteiger partial charge in [-0.25, -0.2) is 0 Å². The van der Waals surface area contributed by atoms with Crippen LogP contribution >= 0.6 is 22.9 Å². The number of carbonyl (C=O) groups is 1. The Balaban J connectivity index is 1.67. The van der Waals surface area contributed by atoms with E-state index in [1.54, 1.807) is 10.9 Å². The van der Waals surface area contributed by atoms with Crippen molar-refractivity contribution in [2.75, 3.05) is 6.54 Å². The summed E-state index contributed by atoms with van der Waals surface area (Å²) in [5.41, 5.74) is 7.64. The van der Waals surface area contributed by atoms with Crippen molar-refractivity contribution >= 4 is 28.8 Å². The summed E-state index contributed by atoms with van der Waals surface area (Å²) in [6.45, 7) is 0.468. The maximum atomic E-state index is 12.6. The number of aryl methyl sites for hydroxylation is 1. The predicted octanol–water partition coefficient (Wildman–Crippen LogP) is 3.83. The molecule has 0 aromatic carbocycles. The van der Waals surface area contributed by atoms with Gasteiger partial charge in [-0.15, -0.1) is 11.3 Å². The molecule has 0 aliphatic heterocycles. The van der Waals surface area contributed by atoms with Gasteiger partial charge in [-0.2, -0.15) is 5.10 Å². The second-order valence-electron chi connectivity index (χ2n) is 6.78. The van der Waals surface area contributed by atoms with Gasteiger partial charge in [0.2, 0.25) is 0 Å². The van der Waals surface area contributed by atoms with Crippen molar-refractivity contribution in [2.24, 2.45) is 18.7 Å². The summed E-state index contributed by atoms with van der Waals surface area (Å²) in [4.78, 5) is 13.3. The fourth-order valence-corrected chi connectivity index (χ4v) is 4.78. The summed E-state index contributed by atoms with van der Waals surface area (Å²) in [5.74, 6) is 0.589. The maximum absolute atomic E-state index is 12.6. The molecule has 3 N–H and O–H groups in total. The van der Waals surface area contributed by atoms with Crippen molar-refractivity contribution in [3.63, 3.8) is 0 Å². The summed E-state index contributed by atoms with van der Waals surface area (Å²) >= 11 is 7.65. The Morgan fingerprint density at radius 2 is 2.24 bits per heavy atom. The molecular formula is C18H25ClN4OS. The van der Waals surface area contributed by atoms with Gasteiger partial charge in [0.25, 0.3) is 5.91 Å². The summed E-state index contributed by atoms with van der Waals surface area (Å²) in [7, 11) is 1.86. The van der Waals surface area contributed by atoms with Crippen LogP contribution in [0.4, 0.5) is 0 Å². The fourth-order valence-electron chi connectivity index (χ4n) is 3.59. The lowest BCUT2D eigenvalue weighted by Gasteiger charge is -2.26. The second kappa shape index (κ2) is 8.34. The molecule has 2 aromatic rings. The van der Waals surface area contributed by atoms with E-state index in [-0.39, 0.29) is 11.9 Å². The lowest BCUT2D eigenvalue weighted by molar-refractivity contribution is 0.0934. The molecule has 3 rings (SSSR count). The predicted molar refractivity (Wildman–Crippen MR) is 103 cm³/mol. The van der Waals surface area contributed by atoms with Gasteiger partial charge < -0.3 is 11.1 Å². The summed E-state index contributed by atoms with van der Waals surface area (Å²) in [6.07, 6.45) is 9.12. The summed E-state index contributed by atoms with van der Waals surface area (Å²) < 4.78 is 2.35. The van der Waals surface area contributed by atoms with E-state index in [1.807, 2.05) is 19.2 Å². The lowest BCUT2D eigenvalue weighted by atomic mass is 9.85. The van der Waals surface area contributed by atoms with Gasteiger partial charge in [-0.3, -0.25) is 9.48 Å². The van der Waals surface area contributed by atoms with Crippen molar-refractivity contribution < 1.29 is 4.79 Å². The Bertz CT molecular complexity index is 720. The molecule has 1 saturated carbocycles. The smallest absolute Gasteiger partial charge is 0.261 e. The fraction of sp³-hybridized carbons (Fsp3) is 0.556. The second-order valence-corrected chi connectivity index (χ2v) is 8.44. The maximum Gasteiger partial charge on any atom is 0.261 e. The zero-order chi connectivity index (χ0) is 17.8. The van der Waals surface area contributed by atoms with E-state index in [0.717, 1.165) is 17.7 Å². The van der Waals surface area contributed by atoms with Gasteiger partial charge in [0.05, 0.1) is 10.6 Å². The first-order chi connectivity index (χ1) is 12.1. The number of thiophene rings is 1. The van der Waals surface area contributed by atoms with Gasteiger partial charge in [0, 0.05) is 31.4 Å². The molecule has 1 aliphatic carbocycles. The zero-order valence-electron chi connectivity index (χ0n) is 14.5. The number of hydrogen-bond donors (Lipinski definition) is 2. The number of nitrogens with zero attached hydrogens (tertiary/aromatic N) is 2. The molecule has 2 aromatic heterocycles. The van der Waals surface area contributed by atoms with Crippen LogP contribution in [0.3, 0.4) is 0 Å². The first-order valence-electron chi connectivity index (χ1n) is 8.87. The topological polar surface area (TPSA) is 72.9 Å². The van der Waals surface area contributed by atoms with Crippen LogP contribution in [-0.2, 0) is 7.05 Å². The van der Waals surface area contributed by atoms with Crippen LogP contribution in [0.2, 0.25) is 4.34 Å². The number of aromatic nitrogens is 2. The standard InChI is InChI=1S/C18H25ClN4OS/c1-23-15(7-8-21-23)14-10-16(25-17(14)19)18(24)22-13(11-20)9-12-5-3-2-4-6-12/h7-8,10,12-13H,2-6,9,11,20H2,1H3,(H,22,24). The zero-order valence-corrected chi connectivity index (χ0v) is 16.1. The van der Waals surface area contributed by atoms with Gasteiger partial charge >= 0.3 is 0 Å². The highest BCUT2D eigenvalue weighted by Crippen LogP contribution is 2.35. The molecule has 25 heavy (non-hydrogen) atoms. The molecule has 1 atom stereocenters. The van der Waals surface area contributed by atoms with Crippen molar-refractivity contribution in [2.45, 2.75) is 44.6 Å². The van der Waals surface area contributed by atoms with E-state index in [1.165, 1.54) is 43.4 Å². The molecule has 5 nitrogen and oxygen atoms in total. The highest BCUT2D eigenvalue weighted by Gasteiger charge is 2.22. The number of amides is 1. The van der Waals surface area contributed by atoms with Crippen molar-refractivity contribution in [1.29, 1.82) is 0 Å². The highest BCUT2D eigenvalue weighted by molar-refractivity contribution is 7.18. The van der Waals surface area contributed by atoms with Crippen LogP contribution in [0.25, 0.3) is 11.3 Å². The average molecular weight is 381 g/mol. The van der Waals surface area contributed by atoms with Crippen LogP contribution in [0.1, 0.15) is 48.2 Å². The SMILES string of the molecule is Cn1nccc1-c1cc(C(=O)NC(CN)CC2CCCCC2)sc1Cl. The molecule has 2 heterocycles. The van der Waals surface area contributed by atoms with Crippen LogP contribution in [0.15, 0.2) is 18.3 Å². The van der Waals surface area contributed by atoms with Gasteiger partial charge in [-0.05, 0) is 24.5 Å². The third-order valence-electron chi connectivity index (χ3n) is 4.97. The van der Waals surface area contributed by atoms with Crippen LogP contribution < -0.4 is 11.1 Å². The Kier molecular flexibility index (Phi) is 6.15. The van der Waals surface area contributed by atoms with Crippen molar-refractivity contribution in [3.8, 4) is 11.3 Å². The first kappa shape index (κ1) is 18.4. The molecule has 1 amide bonds. The molecule has 1 fully saturated rings. The molecular weight excluding hydrogens is 356 g/mol. The highest BCUT2D eigenvalue weighted by atomic mass is 35.5. The molecule has 0 saturated heterocycles. The van der Waals surface area contributed by atoms with E-state index in [4.69, 9.17) is 17.3 Å². The van der Waals surface area contributed by atoms with Gasteiger partial charge in [-0.1, -0.05) is 43.7 Å². The van der Waals surface area contributed by atoms with Crippen LogP contribution in [0, 0.1) is 5.92 Å². The average Bonchev–Trinajstić information content (AvgIpc) is 3.20. The largest absolute Gasteiger partial charge is 0.347 e. The van der Waals surface area contributed by atoms with E-state index in [2.05, 4.69) is 10.4 Å². The molecule has 1 unspecified atom stereocenters. The summed E-state index contributed by atoms with van der Waals surface area (Å²) in [6, 6.07) is 3.76. The Labute approximate surface area is 157 Å². The number of nitrogens with two attached hydrogens (primary N) is 1. The van der Waals surface area contributed by atoms with Crippen molar-refractivity contribution in [3.05, 3.63) is 27.5 Å². The molecule has 0 bridgehead atoms. The van der Waals surface area contributed by atoms with E-state index in [9.17, 15) is 4.79 Å². The number of halogens is 1. The molecule has 0 radical (unpaired) electrons. The minimum Gasteiger partial charge on any atom is -0.347 e. The first-order valence-corrected chi connectivity index (χ1v) is 10.1. The quantitative estimate of drug-likeness (QED) is 0.799. The minimum absolute atomic E-state index is 0.0247. The Hall–Kier alpha value is -1.37. The van der Waals surface area contributed by atoms with Crippen LogP contribution in [-0.4, -0.2) is 28.3 Å². The van der Waals surface area contributed by atoms with Crippen LogP contribution in [0.5, 0.6) is 0 Å². The molecule has 136 valence electrons. The monoisotopic (exact) mass is 380 g/mol. The van der Waals surface area contributed by atoms with Gasteiger partial charge in [0.15, 0.2) is 0 Å². The number of carbonyl (C=O) groups excluding carboxylic acids is 1. The van der Waals surface area contributed by atoms with E-state index >= 15 is 0 Å². The minimum atomic E-state index is -0.0911. The number of hydrogen-bond acceptors (Lipinski definition) is 4. The molecule has 1 aliphatic rings. The van der Waals surface area contributed by atoms with Crippen molar-refractivity contribution in [1.82, 2.24) is 15.1 Å². The molecule has 7 heteroatoms. The summed E-state index contributed by atoms with van der Waals surface area (Å²) in [5, 5.41) is 7.26. The molecule has 0 spiro atoms. The van der Waals surface area contributed by atoms with E-state index < -0.39 is 0 Å². The number of rotatable bonds is 6. The normalized spacial score (nSPS) is 16.8. The Morgan fingerprint density at radius 3 is 2.88 bits per heavy atom. The third kappa shape index (κ3) is 4.43. The Morgan fingerprint density at radius 1 is 1.48 bits per heavy atom.